The van der Waals surface area contributed by atoms with Gasteiger partial charge in [0.2, 0.25) is 0 Å². The maximum atomic E-state index is 11.9. The molecular weight excluding hydrogens is 332 g/mol. The smallest absolute Gasteiger partial charge is 0.310 e. The number of hydrogen-bond acceptors (Lipinski definition) is 2. The standard InChI is InChI=1S/C25H40O2/c1-9-25(8,27-24(26)19-21(4)5)18-12-17-23(7)16-11-15-22(6)14-10-13-20(2)3/h9,13,15,17H,1,4,10-12,14,16,18-19H2,2-3,5-8H3/b22-15+,23-17+. The van der Waals surface area contributed by atoms with Crippen molar-refractivity contribution in [3.05, 3.63) is 59.8 Å². The molecule has 0 saturated carbocycles. The van der Waals surface area contributed by atoms with Crippen molar-refractivity contribution in [2.24, 2.45) is 0 Å². The van der Waals surface area contributed by atoms with Crippen LogP contribution < -0.4 is 0 Å². The molecule has 0 aromatic heterocycles. The van der Waals surface area contributed by atoms with Gasteiger partial charge in [-0.05, 0) is 86.1 Å². The zero-order chi connectivity index (χ0) is 20.9. The van der Waals surface area contributed by atoms with E-state index in [4.69, 9.17) is 4.74 Å². The molecule has 0 heterocycles. The number of hydrogen-bond donors (Lipinski definition) is 0. The lowest BCUT2D eigenvalue weighted by Crippen LogP contribution is -2.29. The molecular formula is C25H40O2. The van der Waals surface area contributed by atoms with Gasteiger partial charge in [0.25, 0.3) is 0 Å². The second-order valence-electron chi connectivity index (χ2n) is 8.12. The Morgan fingerprint density at radius 2 is 1.44 bits per heavy atom. The number of esters is 1. The second kappa shape index (κ2) is 13.4. The van der Waals surface area contributed by atoms with Gasteiger partial charge in [-0.15, -0.1) is 0 Å². The Balaban J connectivity index is 4.35. The fourth-order valence-corrected chi connectivity index (χ4v) is 2.68. The highest BCUT2D eigenvalue weighted by atomic mass is 16.6. The summed E-state index contributed by atoms with van der Waals surface area (Å²) in [5, 5.41) is 0. The molecule has 0 radical (unpaired) electrons. The Labute approximate surface area is 167 Å². The van der Waals surface area contributed by atoms with Crippen LogP contribution in [0.4, 0.5) is 0 Å². The molecule has 27 heavy (non-hydrogen) atoms. The summed E-state index contributed by atoms with van der Waals surface area (Å²) in [6, 6.07) is 0. The molecule has 0 spiro atoms. The Kier molecular flexibility index (Phi) is 12.5. The van der Waals surface area contributed by atoms with Crippen LogP contribution in [-0.4, -0.2) is 11.6 Å². The first-order valence-corrected chi connectivity index (χ1v) is 10.0. The van der Waals surface area contributed by atoms with E-state index in [1.165, 1.54) is 16.7 Å². The van der Waals surface area contributed by atoms with Crippen molar-refractivity contribution in [3.63, 3.8) is 0 Å². The van der Waals surface area contributed by atoms with Gasteiger partial charge in [-0.25, -0.2) is 0 Å². The molecule has 0 aliphatic carbocycles. The van der Waals surface area contributed by atoms with Crippen LogP contribution in [0.2, 0.25) is 0 Å². The Morgan fingerprint density at radius 3 is 1.93 bits per heavy atom. The van der Waals surface area contributed by atoms with Gasteiger partial charge in [0.15, 0.2) is 0 Å². The van der Waals surface area contributed by atoms with Crippen molar-refractivity contribution in [3.8, 4) is 0 Å². The molecule has 0 aromatic carbocycles. The fourth-order valence-electron chi connectivity index (χ4n) is 2.68. The molecule has 152 valence electrons. The number of rotatable bonds is 13. The van der Waals surface area contributed by atoms with Crippen molar-refractivity contribution in [2.75, 3.05) is 0 Å². The van der Waals surface area contributed by atoms with E-state index in [0.29, 0.717) is 0 Å². The van der Waals surface area contributed by atoms with Crippen LogP contribution in [-0.2, 0) is 9.53 Å². The van der Waals surface area contributed by atoms with E-state index >= 15 is 0 Å². The maximum Gasteiger partial charge on any atom is 0.310 e. The third-order valence-corrected chi connectivity index (χ3v) is 4.48. The van der Waals surface area contributed by atoms with Crippen LogP contribution in [0.25, 0.3) is 0 Å². The largest absolute Gasteiger partial charge is 0.455 e. The predicted octanol–water partition coefficient (Wildman–Crippen LogP) is 7.64. The van der Waals surface area contributed by atoms with Crippen LogP contribution in [0.15, 0.2) is 59.8 Å². The van der Waals surface area contributed by atoms with E-state index < -0.39 is 5.60 Å². The maximum absolute atomic E-state index is 11.9. The monoisotopic (exact) mass is 372 g/mol. The van der Waals surface area contributed by atoms with E-state index in [-0.39, 0.29) is 12.4 Å². The molecule has 0 fully saturated rings. The van der Waals surface area contributed by atoms with Crippen LogP contribution in [0.5, 0.6) is 0 Å². The summed E-state index contributed by atoms with van der Waals surface area (Å²) in [6.07, 6.45) is 14.9. The van der Waals surface area contributed by atoms with Crippen LogP contribution in [0.1, 0.15) is 86.5 Å². The van der Waals surface area contributed by atoms with Crippen LogP contribution >= 0.6 is 0 Å². The summed E-state index contributed by atoms with van der Waals surface area (Å²) < 4.78 is 5.59. The lowest BCUT2D eigenvalue weighted by atomic mass is 9.98. The molecule has 1 atom stereocenters. The summed E-state index contributed by atoms with van der Waals surface area (Å²) >= 11 is 0. The molecule has 0 aliphatic rings. The minimum atomic E-state index is -0.620. The van der Waals surface area contributed by atoms with Gasteiger partial charge in [0.05, 0.1) is 6.42 Å². The zero-order valence-corrected chi connectivity index (χ0v) is 18.5. The van der Waals surface area contributed by atoms with Crippen molar-refractivity contribution in [1.82, 2.24) is 0 Å². The average molecular weight is 373 g/mol. The number of carbonyl (C=O) groups excluding carboxylic acids is 1. The van der Waals surface area contributed by atoms with Gasteiger partial charge in [-0.1, -0.05) is 53.7 Å². The highest BCUT2D eigenvalue weighted by Crippen LogP contribution is 2.22. The minimum absolute atomic E-state index is 0.237. The summed E-state index contributed by atoms with van der Waals surface area (Å²) in [7, 11) is 0. The first-order valence-electron chi connectivity index (χ1n) is 10.0. The van der Waals surface area contributed by atoms with Gasteiger partial charge < -0.3 is 4.74 Å². The van der Waals surface area contributed by atoms with Crippen molar-refractivity contribution in [2.45, 2.75) is 92.1 Å². The van der Waals surface area contributed by atoms with Gasteiger partial charge in [0, 0.05) is 0 Å². The van der Waals surface area contributed by atoms with Crippen LogP contribution in [0.3, 0.4) is 0 Å². The van der Waals surface area contributed by atoms with Crippen molar-refractivity contribution in [1.29, 1.82) is 0 Å². The molecule has 0 saturated heterocycles. The molecule has 1 unspecified atom stereocenters. The molecule has 0 amide bonds. The molecule has 0 aromatic rings. The first kappa shape index (κ1) is 25.2. The summed E-state index contributed by atoms with van der Waals surface area (Å²) in [4.78, 5) is 11.9. The van der Waals surface area contributed by atoms with Crippen LogP contribution in [0, 0.1) is 0 Å². The van der Waals surface area contributed by atoms with Gasteiger partial charge in [-0.3, -0.25) is 4.79 Å². The normalized spacial score (nSPS) is 14.3. The van der Waals surface area contributed by atoms with Crippen molar-refractivity contribution < 1.29 is 9.53 Å². The summed E-state index contributed by atoms with van der Waals surface area (Å²) in [6.45, 7) is 20.0. The molecule has 2 heteroatoms. The highest BCUT2D eigenvalue weighted by Gasteiger charge is 2.24. The first-order chi connectivity index (χ1) is 12.6. The topological polar surface area (TPSA) is 26.3 Å². The van der Waals surface area contributed by atoms with E-state index in [9.17, 15) is 4.79 Å². The van der Waals surface area contributed by atoms with E-state index in [0.717, 1.165) is 44.1 Å². The van der Waals surface area contributed by atoms with E-state index in [1.54, 1.807) is 6.08 Å². The van der Waals surface area contributed by atoms with Crippen molar-refractivity contribution >= 4 is 5.97 Å². The molecule has 0 N–H and O–H groups in total. The van der Waals surface area contributed by atoms with E-state index in [2.05, 4.69) is 59.1 Å². The Bertz CT molecular complexity index is 585. The molecule has 0 aliphatic heterocycles. The molecule has 0 rings (SSSR count). The highest BCUT2D eigenvalue weighted by molar-refractivity contribution is 5.72. The summed E-state index contributed by atoms with van der Waals surface area (Å²) in [5.74, 6) is -0.237. The van der Waals surface area contributed by atoms with E-state index in [1.807, 2.05) is 13.8 Å². The number of ether oxygens (including phenoxy) is 1. The third-order valence-electron chi connectivity index (χ3n) is 4.48. The SMILES string of the molecule is C=CC(C)(CC/C=C(\C)CC/C=C(\C)CCC=C(C)C)OC(=O)CC(=C)C. The lowest BCUT2D eigenvalue weighted by molar-refractivity contribution is -0.153. The predicted molar refractivity (Wildman–Crippen MR) is 119 cm³/mol. The molecule has 2 nitrogen and oxygen atoms in total. The Morgan fingerprint density at radius 1 is 0.926 bits per heavy atom. The fraction of sp³-hybridized carbons (Fsp3) is 0.560. The van der Waals surface area contributed by atoms with Gasteiger partial charge in [-0.2, -0.15) is 0 Å². The second-order valence-corrected chi connectivity index (χ2v) is 8.12. The number of allylic oxidation sites excluding steroid dienone is 6. The van der Waals surface area contributed by atoms with Gasteiger partial charge >= 0.3 is 5.97 Å². The number of carbonyl (C=O) groups is 1. The average Bonchev–Trinajstić information content (AvgIpc) is 2.53. The third kappa shape index (κ3) is 14.0. The zero-order valence-electron chi connectivity index (χ0n) is 18.5. The quantitative estimate of drug-likeness (QED) is 0.245. The van der Waals surface area contributed by atoms with Gasteiger partial charge in [0.1, 0.15) is 5.60 Å². The summed E-state index contributed by atoms with van der Waals surface area (Å²) in [5.41, 5.74) is 4.42. The Hall–Kier alpha value is -1.83. The molecule has 0 bridgehead atoms. The minimum Gasteiger partial charge on any atom is -0.455 e. The lowest BCUT2D eigenvalue weighted by Gasteiger charge is -2.25.